The maximum absolute atomic E-state index is 13.7. The number of hydrogen-bond donors (Lipinski definition) is 1. The van der Waals surface area contributed by atoms with Gasteiger partial charge in [-0.15, -0.1) is 0 Å². The second kappa shape index (κ2) is 9.23. The third kappa shape index (κ3) is 4.71. The lowest BCUT2D eigenvalue weighted by Crippen LogP contribution is -2.42. The molecule has 0 aromatic heterocycles. The Bertz CT molecular complexity index is 1010. The average Bonchev–Trinajstić information content (AvgIpc) is 3.22. The van der Waals surface area contributed by atoms with Crippen molar-refractivity contribution in [1.29, 1.82) is 0 Å². The Morgan fingerprint density at radius 3 is 2.47 bits per heavy atom. The summed E-state index contributed by atoms with van der Waals surface area (Å²) in [5.74, 6) is 0.584. The molecule has 1 amide bonds. The van der Waals surface area contributed by atoms with Gasteiger partial charge in [0.05, 0.1) is 14.2 Å². The van der Waals surface area contributed by atoms with Crippen LogP contribution in [-0.2, 0) is 16.6 Å². The highest BCUT2D eigenvalue weighted by Crippen LogP contribution is 2.34. The van der Waals surface area contributed by atoms with Crippen molar-refractivity contribution in [2.24, 2.45) is 0 Å². The van der Waals surface area contributed by atoms with E-state index in [0.29, 0.717) is 12.2 Å². The summed E-state index contributed by atoms with van der Waals surface area (Å²) >= 11 is 3.38. The van der Waals surface area contributed by atoms with Crippen molar-refractivity contribution < 1.29 is 27.8 Å². The molecule has 0 radical (unpaired) electrons. The van der Waals surface area contributed by atoms with Crippen LogP contribution in [0.15, 0.2) is 51.8 Å². The van der Waals surface area contributed by atoms with E-state index in [0.717, 1.165) is 10.0 Å². The summed E-state index contributed by atoms with van der Waals surface area (Å²) in [7, 11) is -1.16. The van der Waals surface area contributed by atoms with Gasteiger partial charge >= 0.3 is 6.09 Å². The van der Waals surface area contributed by atoms with E-state index in [9.17, 15) is 18.3 Å². The summed E-state index contributed by atoms with van der Waals surface area (Å²) in [4.78, 5) is 12.6. The first kappa shape index (κ1) is 22.4. The molecule has 1 aliphatic heterocycles. The van der Waals surface area contributed by atoms with Gasteiger partial charge in [-0.05, 0) is 36.2 Å². The van der Waals surface area contributed by atoms with E-state index in [1.165, 1.54) is 29.5 Å². The highest BCUT2D eigenvalue weighted by Gasteiger charge is 2.38. The van der Waals surface area contributed by atoms with E-state index in [-0.39, 0.29) is 30.3 Å². The molecule has 10 heteroatoms. The smallest absolute Gasteiger partial charge is 0.407 e. The third-order valence-electron chi connectivity index (χ3n) is 5.05. The van der Waals surface area contributed by atoms with Crippen molar-refractivity contribution in [3.8, 4) is 11.5 Å². The Kier molecular flexibility index (Phi) is 6.89. The molecule has 0 spiro atoms. The van der Waals surface area contributed by atoms with Gasteiger partial charge in [0.25, 0.3) is 0 Å². The maximum atomic E-state index is 13.7. The van der Waals surface area contributed by atoms with Crippen LogP contribution in [0.3, 0.4) is 0 Å². The molecule has 0 saturated carbocycles. The number of methoxy groups -OCH3 is 2. The molecule has 30 heavy (non-hydrogen) atoms. The fraction of sp³-hybridized carbons (Fsp3) is 0.350. The van der Waals surface area contributed by atoms with Crippen LogP contribution in [0, 0.1) is 0 Å². The van der Waals surface area contributed by atoms with E-state index < -0.39 is 22.2 Å². The van der Waals surface area contributed by atoms with Crippen molar-refractivity contribution in [2.45, 2.75) is 23.9 Å². The quantitative estimate of drug-likeness (QED) is 0.628. The lowest BCUT2D eigenvalue weighted by Gasteiger charge is -2.29. The van der Waals surface area contributed by atoms with Crippen molar-refractivity contribution in [3.63, 3.8) is 0 Å². The van der Waals surface area contributed by atoms with Gasteiger partial charge in [0, 0.05) is 36.2 Å². The number of rotatable bonds is 7. The second-order valence-corrected chi connectivity index (χ2v) is 9.64. The molecule has 2 aromatic rings. The molecule has 1 atom stereocenters. The fourth-order valence-corrected chi connectivity index (χ4v) is 5.51. The van der Waals surface area contributed by atoms with Crippen LogP contribution in [0.4, 0.5) is 4.79 Å². The van der Waals surface area contributed by atoms with Gasteiger partial charge in [0.1, 0.15) is 16.4 Å². The van der Waals surface area contributed by atoms with E-state index >= 15 is 0 Å². The zero-order valence-electron chi connectivity index (χ0n) is 16.6. The topological polar surface area (TPSA) is 96.4 Å². The van der Waals surface area contributed by atoms with Gasteiger partial charge in [0.2, 0.25) is 10.0 Å². The van der Waals surface area contributed by atoms with E-state index in [4.69, 9.17) is 9.47 Å². The van der Waals surface area contributed by atoms with E-state index in [1.807, 2.05) is 24.3 Å². The number of likely N-dealkylation sites (tertiary alicyclic amines) is 1. The number of halogens is 1. The third-order valence-corrected chi connectivity index (χ3v) is 7.50. The lowest BCUT2D eigenvalue weighted by molar-refractivity contribution is 0.152. The van der Waals surface area contributed by atoms with Gasteiger partial charge in [-0.2, -0.15) is 4.31 Å². The van der Waals surface area contributed by atoms with Crippen LogP contribution in [0.5, 0.6) is 11.5 Å². The molecule has 1 heterocycles. The Morgan fingerprint density at radius 1 is 1.20 bits per heavy atom. The molecule has 162 valence electrons. The number of hydrogen-bond acceptors (Lipinski definition) is 5. The Morgan fingerprint density at radius 2 is 1.90 bits per heavy atom. The molecule has 2 aromatic carbocycles. The number of sulfonamides is 1. The summed E-state index contributed by atoms with van der Waals surface area (Å²) in [6, 6.07) is 11.4. The van der Waals surface area contributed by atoms with Gasteiger partial charge < -0.3 is 19.5 Å². The molecular weight excluding hydrogens is 476 g/mol. The monoisotopic (exact) mass is 498 g/mol. The van der Waals surface area contributed by atoms with E-state index in [1.54, 1.807) is 12.1 Å². The van der Waals surface area contributed by atoms with Crippen molar-refractivity contribution in [3.05, 3.63) is 52.5 Å². The van der Waals surface area contributed by atoms with Gasteiger partial charge in [0.15, 0.2) is 0 Å². The predicted molar refractivity (Wildman–Crippen MR) is 114 cm³/mol. The molecular formula is C20H23BrN2O6S. The largest absolute Gasteiger partial charge is 0.497 e. The Balaban J connectivity index is 2.04. The minimum absolute atomic E-state index is 0.0183. The van der Waals surface area contributed by atoms with E-state index in [2.05, 4.69) is 15.9 Å². The number of ether oxygens (including phenoxy) is 2. The minimum Gasteiger partial charge on any atom is -0.497 e. The average molecular weight is 499 g/mol. The van der Waals surface area contributed by atoms with Gasteiger partial charge in [-0.1, -0.05) is 28.1 Å². The van der Waals surface area contributed by atoms with Gasteiger partial charge in [-0.25, -0.2) is 13.2 Å². The van der Waals surface area contributed by atoms with Crippen LogP contribution < -0.4 is 9.47 Å². The highest BCUT2D eigenvalue weighted by molar-refractivity contribution is 9.10. The summed E-state index contributed by atoms with van der Waals surface area (Å²) in [5, 5.41) is 9.32. The molecule has 1 saturated heterocycles. The summed E-state index contributed by atoms with van der Waals surface area (Å²) < 4.78 is 40.2. The Labute approximate surface area is 184 Å². The fourth-order valence-electron chi connectivity index (χ4n) is 3.44. The molecule has 1 fully saturated rings. The van der Waals surface area contributed by atoms with Crippen molar-refractivity contribution in [2.75, 3.05) is 27.3 Å². The molecule has 1 aliphatic rings. The number of carboxylic acid groups (broad SMARTS) is 1. The summed E-state index contributed by atoms with van der Waals surface area (Å²) in [6.07, 6.45) is -0.647. The summed E-state index contributed by atoms with van der Waals surface area (Å²) in [5.41, 5.74) is 0.789. The molecule has 1 N–H and O–H groups in total. The highest BCUT2D eigenvalue weighted by atomic mass is 79.9. The normalized spacial score (nSPS) is 16.7. The first-order chi connectivity index (χ1) is 14.3. The van der Waals surface area contributed by atoms with Crippen LogP contribution >= 0.6 is 15.9 Å². The number of carbonyl (C=O) groups is 1. The zero-order chi connectivity index (χ0) is 21.9. The molecule has 0 unspecified atom stereocenters. The van der Waals surface area contributed by atoms with Crippen molar-refractivity contribution >= 4 is 32.0 Å². The second-order valence-electron chi connectivity index (χ2n) is 6.86. The summed E-state index contributed by atoms with van der Waals surface area (Å²) in [6.45, 7) is 0.493. The van der Waals surface area contributed by atoms with Crippen LogP contribution in [0.2, 0.25) is 0 Å². The lowest BCUT2D eigenvalue weighted by atomic mass is 10.2. The SMILES string of the molecule is COc1ccc(OC)c(S(=O)(=O)N(Cc2ccc(Br)cc2)[C@@H]2CCN(C(=O)O)C2)c1. The van der Waals surface area contributed by atoms with Crippen molar-refractivity contribution in [1.82, 2.24) is 9.21 Å². The van der Waals surface area contributed by atoms with Gasteiger partial charge in [-0.3, -0.25) is 0 Å². The first-order valence-electron chi connectivity index (χ1n) is 9.22. The Hall–Kier alpha value is -2.30. The number of nitrogens with zero attached hydrogens (tertiary/aromatic N) is 2. The molecule has 0 bridgehead atoms. The molecule has 0 aliphatic carbocycles. The van der Waals surface area contributed by atoms with Crippen LogP contribution in [0.25, 0.3) is 0 Å². The van der Waals surface area contributed by atoms with Crippen LogP contribution in [-0.4, -0.2) is 62.2 Å². The predicted octanol–water partition coefficient (Wildman–Crippen LogP) is 3.41. The standard InChI is InChI=1S/C20H23BrN2O6S/c1-28-17-7-8-18(29-2)19(11-17)30(26,27)23(12-14-3-5-15(21)6-4-14)16-9-10-22(13-16)20(24)25/h3-8,11,16H,9-10,12-13H2,1-2H3,(H,24,25)/t16-/m1/s1. The molecule has 3 rings (SSSR count). The van der Waals surface area contributed by atoms with Crippen LogP contribution in [0.1, 0.15) is 12.0 Å². The minimum atomic E-state index is -4.02. The number of amides is 1. The molecule has 8 nitrogen and oxygen atoms in total. The maximum Gasteiger partial charge on any atom is 0.407 e. The zero-order valence-corrected chi connectivity index (χ0v) is 19.0. The number of benzene rings is 2. The first-order valence-corrected chi connectivity index (χ1v) is 11.5.